The van der Waals surface area contributed by atoms with Gasteiger partial charge in [-0.05, 0) is 17.9 Å². The van der Waals surface area contributed by atoms with Gasteiger partial charge in [0, 0.05) is 0 Å². The van der Waals surface area contributed by atoms with Gasteiger partial charge in [0.2, 0.25) is 0 Å². The summed E-state index contributed by atoms with van der Waals surface area (Å²) in [6, 6.07) is 9.99. The lowest BCUT2D eigenvalue weighted by Gasteiger charge is -2.20. The van der Waals surface area contributed by atoms with Crippen LogP contribution in [-0.4, -0.2) is 13.1 Å². The first kappa shape index (κ1) is 12.5. The Morgan fingerprint density at radius 1 is 1.44 bits per heavy atom. The fraction of sp³-hybridized carbons (Fsp3) is 0.357. The number of hydrogen-bond acceptors (Lipinski definition) is 2. The van der Waals surface area contributed by atoms with Crippen LogP contribution in [0.25, 0.3) is 0 Å². The normalized spacial score (nSPS) is 13.9. The molecule has 1 rings (SSSR count). The lowest BCUT2D eigenvalue weighted by atomic mass is 9.85. The predicted octanol–water partition coefficient (Wildman–Crippen LogP) is 3.16. The molecule has 2 nitrogen and oxygen atoms in total. The van der Waals surface area contributed by atoms with Crippen LogP contribution in [0.1, 0.15) is 24.8 Å². The van der Waals surface area contributed by atoms with E-state index in [-0.39, 0.29) is 17.8 Å². The fourth-order valence-corrected chi connectivity index (χ4v) is 1.82. The highest BCUT2D eigenvalue weighted by Gasteiger charge is 2.25. The number of esters is 1. The van der Waals surface area contributed by atoms with Gasteiger partial charge in [0.05, 0.1) is 13.0 Å². The van der Waals surface area contributed by atoms with Crippen molar-refractivity contribution in [1.82, 2.24) is 0 Å². The molecule has 0 radical (unpaired) electrons. The zero-order valence-electron chi connectivity index (χ0n) is 9.85. The minimum atomic E-state index is -0.170. The maximum absolute atomic E-state index is 11.6. The highest BCUT2D eigenvalue weighted by molar-refractivity contribution is 5.73. The molecule has 0 saturated heterocycles. The van der Waals surface area contributed by atoms with Gasteiger partial charge in [0.25, 0.3) is 0 Å². The molecule has 2 heteroatoms. The molecule has 0 aliphatic rings. The Kier molecular flexibility index (Phi) is 4.77. The molecular weight excluding hydrogens is 200 g/mol. The summed E-state index contributed by atoms with van der Waals surface area (Å²) >= 11 is 0. The minimum Gasteiger partial charge on any atom is -0.469 e. The summed E-state index contributed by atoms with van der Waals surface area (Å²) in [5.41, 5.74) is 1.15. The van der Waals surface area contributed by atoms with Crippen molar-refractivity contribution < 1.29 is 9.53 Å². The second kappa shape index (κ2) is 6.11. The van der Waals surface area contributed by atoms with E-state index in [1.54, 1.807) is 6.08 Å². The molecule has 0 spiro atoms. The van der Waals surface area contributed by atoms with Crippen LogP contribution in [0.4, 0.5) is 0 Å². The third-order valence-electron chi connectivity index (χ3n) is 2.85. The molecule has 16 heavy (non-hydrogen) atoms. The van der Waals surface area contributed by atoms with Gasteiger partial charge >= 0.3 is 5.97 Å². The number of benzene rings is 1. The van der Waals surface area contributed by atoms with Crippen molar-refractivity contribution >= 4 is 5.97 Å². The van der Waals surface area contributed by atoms with Crippen LogP contribution in [0.5, 0.6) is 0 Å². The number of ether oxygens (including phenoxy) is 1. The quantitative estimate of drug-likeness (QED) is 0.560. The van der Waals surface area contributed by atoms with Crippen molar-refractivity contribution in [3.05, 3.63) is 48.6 Å². The third kappa shape index (κ3) is 2.96. The molecule has 0 aromatic heterocycles. The van der Waals surface area contributed by atoms with Crippen LogP contribution in [0.2, 0.25) is 0 Å². The minimum absolute atomic E-state index is 0.145. The predicted molar refractivity (Wildman–Crippen MR) is 65.2 cm³/mol. The number of hydrogen-bond donors (Lipinski definition) is 0. The molecule has 2 atom stereocenters. The van der Waals surface area contributed by atoms with E-state index >= 15 is 0 Å². The highest BCUT2D eigenvalue weighted by Crippen LogP contribution is 2.27. The fourth-order valence-electron chi connectivity index (χ4n) is 1.82. The molecule has 2 unspecified atom stereocenters. The van der Waals surface area contributed by atoms with Crippen molar-refractivity contribution in [3.8, 4) is 0 Å². The smallest absolute Gasteiger partial charge is 0.309 e. The largest absolute Gasteiger partial charge is 0.469 e. The molecule has 0 N–H and O–H groups in total. The van der Waals surface area contributed by atoms with E-state index in [9.17, 15) is 4.79 Å². The number of carbonyl (C=O) groups is 1. The maximum atomic E-state index is 11.6. The summed E-state index contributed by atoms with van der Waals surface area (Å²) in [4.78, 5) is 11.6. The zero-order valence-corrected chi connectivity index (χ0v) is 9.85. The molecule has 0 amide bonds. The van der Waals surface area contributed by atoms with Crippen LogP contribution in [0.15, 0.2) is 43.0 Å². The Hall–Kier alpha value is -1.57. The van der Waals surface area contributed by atoms with E-state index in [2.05, 4.69) is 6.58 Å². The van der Waals surface area contributed by atoms with Gasteiger partial charge in [0.1, 0.15) is 0 Å². The van der Waals surface area contributed by atoms with Crippen molar-refractivity contribution in [2.24, 2.45) is 5.92 Å². The average molecular weight is 218 g/mol. The monoisotopic (exact) mass is 218 g/mol. The van der Waals surface area contributed by atoms with Crippen LogP contribution in [-0.2, 0) is 9.53 Å². The van der Waals surface area contributed by atoms with Gasteiger partial charge in [-0.15, -0.1) is 6.58 Å². The SMILES string of the molecule is C=CCC(C(=O)OC)C(C)c1ccccc1. The van der Waals surface area contributed by atoms with Crippen LogP contribution in [0, 0.1) is 5.92 Å². The van der Waals surface area contributed by atoms with Gasteiger partial charge in [-0.2, -0.15) is 0 Å². The Morgan fingerprint density at radius 2 is 2.06 bits per heavy atom. The molecule has 1 aromatic carbocycles. The molecule has 0 saturated carbocycles. The summed E-state index contributed by atoms with van der Waals surface area (Å²) in [7, 11) is 1.43. The molecule has 0 fully saturated rings. The van der Waals surface area contributed by atoms with E-state index in [1.165, 1.54) is 7.11 Å². The highest BCUT2D eigenvalue weighted by atomic mass is 16.5. The first-order chi connectivity index (χ1) is 7.70. The first-order valence-electron chi connectivity index (χ1n) is 5.44. The van der Waals surface area contributed by atoms with Gasteiger partial charge < -0.3 is 4.74 Å². The molecule has 0 aliphatic carbocycles. The number of allylic oxidation sites excluding steroid dienone is 1. The van der Waals surface area contributed by atoms with E-state index in [0.29, 0.717) is 6.42 Å². The van der Waals surface area contributed by atoms with Crippen molar-refractivity contribution in [1.29, 1.82) is 0 Å². The second-order valence-electron chi connectivity index (χ2n) is 3.85. The summed E-state index contributed by atoms with van der Waals surface area (Å²) in [6.07, 6.45) is 2.41. The molecule has 86 valence electrons. The van der Waals surface area contributed by atoms with E-state index in [0.717, 1.165) is 5.56 Å². The topological polar surface area (TPSA) is 26.3 Å². The van der Waals surface area contributed by atoms with Crippen molar-refractivity contribution in [2.75, 3.05) is 7.11 Å². The summed E-state index contributed by atoms with van der Waals surface area (Å²) in [5, 5.41) is 0. The molecular formula is C14H18O2. The van der Waals surface area contributed by atoms with E-state index in [4.69, 9.17) is 4.74 Å². The van der Waals surface area contributed by atoms with Crippen LogP contribution < -0.4 is 0 Å². The first-order valence-corrected chi connectivity index (χ1v) is 5.44. The Balaban J connectivity index is 2.86. The Bertz CT molecular complexity index is 343. The summed E-state index contributed by atoms with van der Waals surface area (Å²) in [5.74, 6) is -0.173. The maximum Gasteiger partial charge on any atom is 0.309 e. The molecule has 0 heterocycles. The zero-order chi connectivity index (χ0) is 12.0. The van der Waals surface area contributed by atoms with Gasteiger partial charge in [-0.1, -0.05) is 43.3 Å². The molecule has 0 bridgehead atoms. The Labute approximate surface area is 96.9 Å². The number of carbonyl (C=O) groups excluding carboxylic acids is 1. The third-order valence-corrected chi connectivity index (χ3v) is 2.85. The lowest BCUT2D eigenvalue weighted by Crippen LogP contribution is -2.21. The second-order valence-corrected chi connectivity index (χ2v) is 3.85. The Morgan fingerprint density at radius 3 is 2.56 bits per heavy atom. The van der Waals surface area contributed by atoms with Crippen LogP contribution in [0.3, 0.4) is 0 Å². The van der Waals surface area contributed by atoms with Crippen molar-refractivity contribution in [2.45, 2.75) is 19.3 Å². The standard InChI is InChI=1S/C14H18O2/c1-4-8-13(14(15)16-3)11(2)12-9-6-5-7-10-12/h4-7,9-11,13H,1,8H2,2-3H3. The van der Waals surface area contributed by atoms with E-state index < -0.39 is 0 Å². The lowest BCUT2D eigenvalue weighted by molar-refractivity contribution is -0.146. The average Bonchev–Trinajstić information content (AvgIpc) is 2.35. The van der Waals surface area contributed by atoms with Crippen LogP contribution >= 0.6 is 0 Å². The number of methoxy groups -OCH3 is 1. The molecule has 0 aliphatic heterocycles. The van der Waals surface area contributed by atoms with Crippen molar-refractivity contribution in [3.63, 3.8) is 0 Å². The van der Waals surface area contributed by atoms with E-state index in [1.807, 2.05) is 37.3 Å². The van der Waals surface area contributed by atoms with Gasteiger partial charge in [0.15, 0.2) is 0 Å². The van der Waals surface area contributed by atoms with Gasteiger partial charge in [-0.3, -0.25) is 4.79 Å². The molecule has 1 aromatic rings. The number of rotatable bonds is 5. The van der Waals surface area contributed by atoms with Gasteiger partial charge in [-0.25, -0.2) is 0 Å². The summed E-state index contributed by atoms with van der Waals surface area (Å²) < 4.78 is 4.82. The summed E-state index contributed by atoms with van der Waals surface area (Å²) in [6.45, 7) is 5.73.